The van der Waals surface area contributed by atoms with Gasteiger partial charge >= 0.3 is 0 Å². The average Bonchev–Trinajstić information content (AvgIpc) is 2.81. The number of primary amides is 1. The summed E-state index contributed by atoms with van der Waals surface area (Å²) in [5.41, 5.74) is 5.19. The standard InChI is InChI=1S/C9H12BN3O4/c10-9-12-4(8(11)16)2-13(9)7-1-5(15)6(3-14)17-7/h2,5-7,14-15H,1,3H2,(H2,11,16). The Balaban J connectivity index is 2.21. The van der Waals surface area contributed by atoms with Gasteiger partial charge in [0.25, 0.3) is 5.91 Å². The minimum atomic E-state index is -0.774. The molecule has 1 amide bonds. The number of hydrogen-bond acceptors (Lipinski definition) is 5. The van der Waals surface area contributed by atoms with Crippen molar-refractivity contribution in [1.29, 1.82) is 0 Å². The molecule has 4 N–H and O–H groups in total. The van der Waals surface area contributed by atoms with Gasteiger partial charge in [0.2, 0.25) is 0 Å². The fraction of sp³-hybridized carbons (Fsp3) is 0.556. The fourth-order valence-corrected chi connectivity index (χ4v) is 1.81. The van der Waals surface area contributed by atoms with Crippen LogP contribution < -0.4 is 11.5 Å². The zero-order valence-electron chi connectivity index (χ0n) is 8.98. The van der Waals surface area contributed by atoms with Crippen LogP contribution in [0, 0.1) is 0 Å². The highest BCUT2D eigenvalue weighted by Crippen LogP contribution is 2.27. The molecular weight excluding hydrogens is 225 g/mol. The van der Waals surface area contributed by atoms with Crippen LogP contribution in [0.2, 0.25) is 0 Å². The molecular formula is C9H12BN3O4. The number of aliphatic hydroxyl groups excluding tert-OH is 2. The van der Waals surface area contributed by atoms with Crippen LogP contribution in [0.1, 0.15) is 23.1 Å². The summed E-state index contributed by atoms with van der Waals surface area (Å²) >= 11 is 0. The van der Waals surface area contributed by atoms with Crippen molar-refractivity contribution in [1.82, 2.24) is 9.55 Å². The minimum absolute atomic E-state index is 0.0352. The normalized spacial score (nSPS) is 28.5. The number of nitrogens with zero attached hydrogens (tertiary/aromatic N) is 2. The highest BCUT2D eigenvalue weighted by atomic mass is 16.5. The third-order valence-corrected chi connectivity index (χ3v) is 2.71. The maximum absolute atomic E-state index is 10.9. The second-order valence-electron chi connectivity index (χ2n) is 3.87. The van der Waals surface area contributed by atoms with Gasteiger partial charge in [-0.2, -0.15) is 0 Å². The minimum Gasteiger partial charge on any atom is -0.394 e. The van der Waals surface area contributed by atoms with Crippen molar-refractivity contribution in [2.45, 2.75) is 24.9 Å². The van der Waals surface area contributed by atoms with Gasteiger partial charge in [-0.25, -0.2) is 4.98 Å². The predicted molar refractivity (Wildman–Crippen MR) is 57.8 cm³/mol. The summed E-state index contributed by atoms with van der Waals surface area (Å²) in [7, 11) is 5.61. The Labute approximate surface area is 98.6 Å². The summed E-state index contributed by atoms with van der Waals surface area (Å²) in [6.07, 6.45) is -0.343. The SMILES string of the molecule is [B]c1nc(C(N)=O)cn1C1CC(O)C(CO)O1. The van der Waals surface area contributed by atoms with Crippen LogP contribution in [0.5, 0.6) is 0 Å². The number of aromatic nitrogens is 2. The highest BCUT2D eigenvalue weighted by Gasteiger charge is 2.35. The average molecular weight is 237 g/mol. The van der Waals surface area contributed by atoms with Crippen molar-refractivity contribution in [3.63, 3.8) is 0 Å². The number of aliphatic hydroxyl groups is 2. The van der Waals surface area contributed by atoms with E-state index in [0.29, 0.717) is 0 Å². The van der Waals surface area contributed by atoms with Crippen molar-refractivity contribution in [2.75, 3.05) is 6.61 Å². The van der Waals surface area contributed by atoms with E-state index in [0.717, 1.165) is 0 Å². The molecule has 1 fully saturated rings. The molecule has 2 radical (unpaired) electrons. The Bertz CT molecular complexity index is 436. The first-order valence-electron chi connectivity index (χ1n) is 5.11. The maximum Gasteiger partial charge on any atom is 0.268 e. The van der Waals surface area contributed by atoms with Gasteiger partial charge in [0.05, 0.1) is 18.4 Å². The van der Waals surface area contributed by atoms with Crippen molar-refractivity contribution in [3.8, 4) is 0 Å². The number of nitrogens with two attached hydrogens (primary N) is 1. The monoisotopic (exact) mass is 237 g/mol. The molecule has 7 nitrogen and oxygen atoms in total. The lowest BCUT2D eigenvalue weighted by Crippen LogP contribution is -2.25. The molecule has 1 aliphatic heterocycles. The number of carbonyl (C=O) groups excluding carboxylic acids is 1. The third kappa shape index (κ3) is 2.19. The number of rotatable bonds is 3. The van der Waals surface area contributed by atoms with E-state index in [9.17, 15) is 9.90 Å². The second kappa shape index (κ2) is 4.48. The number of carbonyl (C=O) groups is 1. The molecule has 0 aromatic carbocycles. The van der Waals surface area contributed by atoms with E-state index in [2.05, 4.69) is 4.98 Å². The van der Waals surface area contributed by atoms with Crippen LogP contribution in [0.15, 0.2) is 6.20 Å². The summed E-state index contributed by atoms with van der Waals surface area (Å²) in [6, 6.07) is 0. The molecule has 0 saturated carbocycles. The van der Waals surface area contributed by atoms with Gasteiger partial charge in [0, 0.05) is 12.6 Å². The molecule has 17 heavy (non-hydrogen) atoms. The summed E-state index contributed by atoms with van der Waals surface area (Å²) in [4.78, 5) is 14.7. The molecule has 1 aliphatic rings. The van der Waals surface area contributed by atoms with Crippen LogP contribution in [-0.2, 0) is 4.74 Å². The third-order valence-electron chi connectivity index (χ3n) is 2.71. The van der Waals surface area contributed by atoms with E-state index in [1.54, 1.807) is 0 Å². The predicted octanol–water partition coefficient (Wildman–Crippen LogP) is -2.58. The lowest BCUT2D eigenvalue weighted by molar-refractivity contribution is -0.0434. The van der Waals surface area contributed by atoms with Crippen LogP contribution in [0.25, 0.3) is 0 Å². The highest BCUT2D eigenvalue weighted by molar-refractivity contribution is 6.29. The van der Waals surface area contributed by atoms with E-state index < -0.39 is 24.3 Å². The van der Waals surface area contributed by atoms with Crippen molar-refractivity contribution < 1.29 is 19.7 Å². The molecule has 2 rings (SSSR count). The largest absolute Gasteiger partial charge is 0.394 e. The van der Waals surface area contributed by atoms with Gasteiger partial charge in [0.15, 0.2) is 7.85 Å². The summed E-state index contributed by atoms with van der Waals surface area (Å²) in [6.45, 7) is -0.283. The smallest absolute Gasteiger partial charge is 0.268 e. The molecule has 2 heterocycles. The molecule has 3 atom stereocenters. The number of amides is 1. The zero-order chi connectivity index (χ0) is 12.6. The Hall–Kier alpha value is -1.38. The number of ether oxygens (including phenoxy) is 1. The van der Waals surface area contributed by atoms with E-state index in [-0.39, 0.29) is 24.4 Å². The molecule has 1 aromatic heterocycles. The van der Waals surface area contributed by atoms with Gasteiger partial charge in [-0.1, -0.05) is 0 Å². The lowest BCUT2D eigenvalue weighted by atomic mass is 10.1. The topological polar surface area (TPSA) is 111 Å². The van der Waals surface area contributed by atoms with Crippen LogP contribution >= 0.6 is 0 Å². The maximum atomic E-state index is 10.9. The fourth-order valence-electron chi connectivity index (χ4n) is 1.81. The molecule has 1 aromatic rings. The van der Waals surface area contributed by atoms with Crippen molar-refractivity contribution >= 4 is 19.5 Å². The van der Waals surface area contributed by atoms with E-state index in [1.165, 1.54) is 10.8 Å². The summed E-state index contributed by atoms with van der Waals surface area (Å²) < 4.78 is 6.79. The van der Waals surface area contributed by atoms with Gasteiger partial charge < -0.3 is 25.3 Å². The van der Waals surface area contributed by atoms with Gasteiger partial charge in [-0.15, -0.1) is 0 Å². The van der Waals surface area contributed by atoms with Gasteiger partial charge in [-0.05, 0) is 0 Å². The first-order valence-corrected chi connectivity index (χ1v) is 5.11. The van der Waals surface area contributed by atoms with Gasteiger partial charge in [0.1, 0.15) is 18.0 Å². The molecule has 8 heteroatoms. The Morgan fingerprint density at radius 2 is 2.47 bits per heavy atom. The molecule has 0 aliphatic carbocycles. The van der Waals surface area contributed by atoms with Crippen LogP contribution in [0.3, 0.4) is 0 Å². The number of hydrogen-bond donors (Lipinski definition) is 3. The summed E-state index contributed by atoms with van der Waals surface area (Å²) in [5, 5.41) is 18.5. The first kappa shape index (κ1) is 12.1. The van der Waals surface area contributed by atoms with E-state index >= 15 is 0 Å². The Morgan fingerprint density at radius 3 is 2.94 bits per heavy atom. The molecule has 0 bridgehead atoms. The van der Waals surface area contributed by atoms with Crippen LogP contribution in [-0.4, -0.2) is 52.3 Å². The van der Waals surface area contributed by atoms with Gasteiger partial charge in [-0.3, -0.25) is 4.79 Å². The molecule has 3 unspecified atom stereocenters. The quantitative estimate of drug-likeness (QED) is 0.500. The first-order chi connectivity index (χ1) is 8.02. The molecule has 90 valence electrons. The molecule has 0 spiro atoms. The number of imidazole rings is 1. The van der Waals surface area contributed by atoms with Crippen LogP contribution in [0.4, 0.5) is 0 Å². The second-order valence-corrected chi connectivity index (χ2v) is 3.87. The Kier molecular flexibility index (Phi) is 3.18. The van der Waals surface area contributed by atoms with E-state index in [1.807, 2.05) is 0 Å². The lowest BCUT2D eigenvalue weighted by Gasteiger charge is -2.14. The molecule has 1 saturated heterocycles. The van der Waals surface area contributed by atoms with Crippen molar-refractivity contribution in [3.05, 3.63) is 11.9 Å². The Morgan fingerprint density at radius 1 is 1.76 bits per heavy atom. The van der Waals surface area contributed by atoms with E-state index in [4.69, 9.17) is 23.4 Å². The zero-order valence-corrected chi connectivity index (χ0v) is 8.98. The van der Waals surface area contributed by atoms with Crippen molar-refractivity contribution in [2.24, 2.45) is 5.73 Å². The summed E-state index contributed by atoms with van der Waals surface area (Å²) in [5.74, 6) is -0.687.